The predicted octanol–water partition coefficient (Wildman–Crippen LogP) is 5.00. The molecule has 7 heteroatoms. The average Bonchev–Trinajstić information content (AvgIpc) is 3.52. The first kappa shape index (κ1) is 22.7. The summed E-state index contributed by atoms with van der Waals surface area (Å²) in [5.74, 6) is 1.31. The first-order valence-corrected chi connectivity index (χ1v) is 13.2. The molecule has 2 aliphatic carbocycles. The van der Waals surface area contributed by atoms with Gasteiger partial charge in [-0.15, -0.1) is 0 Å². The number of methoxy groups -OCH3 is 1. The van der Waals surface area contributed by atoms with Crippen molar-refractivity contribution in [3.8, 4) is 0 Å². The van der Waals surface area contributed by atoms with Crippen LogP contribution in [0.15, 0.2) is 24.4 Å². The molecule has 182 valence electrons. The van der Waals surface area contributed by atoms with Crippen LogP contribution < -0.4 is 5.32 Å². The zero-order valence-electron chi connectivity index (χ0n) is 19.9. The molecule has 1 aromatic carbocycles. The van der Waals surface area contributed by atoms with E-state index in [4.69, 9.17) is 21.1 Å². The van der Waals surface area contributed by atoms with Gasteiger partial charge in [-0.25, -0.2) is 4.98 Å². The van der Waals surface area contributed by atoms with Crippen LogP contribution in [-0.4, -0.2) is 61.3 Å². The van der Waals surface area contributed by atoms with E-state index in [1.54, 1.807) is 0 Å². The number of nitrogens with zero attached hydrogens (tertiary/aromatic N) is 2. The Hall–Kier alpha value is -1.73. The van der Waals surface area contributed by atoms with E-state index in [9.17, 15) is 4.79 Å². The Balaban J connectivity index is 1.12. The number of aromatic nitrogens is 1. The van der Waals surface area contributed by atoms with Crippen molar-refractivity contribution in [3.63, 3.8) is 0 Å². The van der Waals surface area contributed by atoms with Crippen LogP contribution in [0.2, 0.25) is 5.02 Å². The Morgan fingerprint density at radius 1 is 1.15 bits per heavy atom. The smallest absolute Gasteiger partial charge is 0.229 e. The summed E-state index contributed by atoms with van der Waals surface area (Å²) in [6.07, 6.45) is 9.93. The minimum atomic E-state index is 0.0930. The Morgan fingerprint density at radius 2 is 1.91 bits per heavy atom. The number of halogens is 1. The molecule has 2 aliphatic heterocycles. The quantitative estimate of drug-likeness (QED) is 0.648. The van der Waals surface area contributed by atoms with Crippen molar-refractivity contribution in [1.29, 1.82) is 0 Å². The molecular formula is C27H34ClN3O3. The van der Waals surface area contributed by atoms with Gasteiger partial charge in [0.25, 0.3) is 0 Å². The van der Waals surface area contributed by atoms with Gasteiger partial charge in [-0.1, -0.05) is 11.6 Å². The molecule has 1 amide bonds. The van der Waals surface area contributed by atoms with Gasteiger partial charge in [-0.3, -0.25) is 9.69 Å². The van der Waals surface area contributed by atoms with Crippen LogP contribution in [0.5, 0.6) is 0 Å². The molecule has 1 atom stereocenters. The van der Waals surface area contributed by atoms with Crippen LogP contribution in [0.25, 0.3) is 10.8 Å². The molecular weight excluding hydrogens is 450 g/mol. The maximum Gasteiger partial charge on any atom is 0.229 e. The lowest BCUT2D eigenvalue weighted by atomic mass is 9.80. The van der Waals surface area contributed by atoms with Crippen molar-refractivity contribution >= 4 is 34.1 Å². The molecule has 1 spiro atoms. The predicted molar refractivity (Wildman–Crippen MR) is 133 cm³/mol. The van der Waals surface area contributed by atoms with Gasteiger partial charge in [0.1, 0.15) is 5.82 Å². The second-order valence-electron chi connectivity index (χ2n) is 10.8. The van der Waals surface area contributed by atoms with E-state index in [0.29, 0.717) is 23.9 Å². The van der Waals surface area contributed by atoms with Crippen molar-refractivity contribution in [2.45, 2.75) is 63.0 Å². The lowest BCUT2D eigenvalue weighted by Gasteiger charge is -2.46. The monoisotopic (exact) mass is 483 g/mol. The van der Waals surface area contributed by atoms with Crippen LogP contribution in [0.4, 0.5) is 5.82 Å². The standard InChI is InChI=1S/C27H34ClN3O3/c1-33-21-15-31(16-21)20-4-2-17(3-5-20)22-10-18-12-25(29-14-19(18)11-24(22)28)30-26(32)23-13-27(23)6-8-34-9-7-27/h10-12,14,17,20-21,23H,2-9,13,15-16H2,1H3,(H,29,30,32)/t17-,20-,23-/m1/s1. The molecule has 3 heterocycles. The van der Waals surface area contributed by atoms with E-state index in [1.165, 1.54) is 18.4 Å². The van der Waals surface area contributed by atoms with Crippen molar-refractivity contribution in [1.82, 2.24) is 9.88 Å². The van der Waals surface area contributed by atoms with Crippen molar-refractivity contribution in [3.05, 3.63) is 35.0 Å². The van der Waals surface area contributed by atoms with E-state index < -0.39 is 0 Å². The number of likely N-dealkylation sites (tertiary alicyclic amines) is 1. The normalized spacial score (nSPS) is 29.2. The lowest BCUT2D eigenvalue weighted by molar-refractivity contribution is -0.118. The fraction of sp³-hybridized carbons (Fsp3) is 0.630. The topological polar surface area (TPSA) is 63.7 Å². The first-order chi connectivity index (χ1) is 16.5. The van der Waals surface area contributed by atoms with Crippen LogP contribution in [0.3, 0.4) is 0 Å². The molecule has 2 saturated heterocycles. The molecule has 2 aromatic rings. The van der Waals surface area contributed by atoms with Gasteiger partial charge >= 0.3 is 0 Å². The molecule has 1 N–H and O–H groups in total. The fourth-order valence-corrected chi connectivity index (χ4v) is 6.82. The number of carbonyl (C=O) groups excluding carboxylic acids is 1. The molecule has 0 radical (unpaired) electrons. The number of anilines is 1. The number of hydrogen-bond acceptors (Lipinski definition) is 5. The highest BCUT2D eigenvalue weighted by Gasteiger charge is 2.58. The van der Waals surface area contributed by atoms with Gasteiger partial charge in [0, 0.05) is 62.0 Å². The highest BCUT2D eigenvalue weighted by molar-refractivity contribution is 6.32. The molecule has 4 fully saturated rings. The molecule has 34 heavy (non-hydrogen) atoms. The number of pyridine rings is 1. The number of fused-ring (bicyclic) bond motifs is 1. The van der Waals surface area contributed by atoms with Gasteiger partial charge in [0.2, 0.25) is 5.91 Å². The Labute approximate surface area is 206 Å². The summed E-state index contributed by atoms with van der Waals surface area (Å²) in [6.45, 7) is 3.68. The van der Waals surface area contributed by atoms with Gasteiger partial charge in [-0.05, 0) is 85.4 Å². The molecule has 6 nitrogen and oxygen atoms in total. The minimum absolute atomic E-state index is 0.0930. The van der Waals surface area contributed by atoms with E-state index in [0.717, 1.165) is 74.2 Å². The second-order valence-corrected chi connectivity index (χ2v) is 11.2. The minimum Gasteiger partial charge on any atom is -0.381 e. The SMILES string of the molecule is COC1CN([C@H]2CC[C@H](c3cc4cc(NC(=O)[C@H]5CC56CCOCC6)ncc4cc3Cl)CC2)C1. The fourth-order valence-electron chi connectivity index (χ4n) is 6.50. The second kappa shape index (κ2) is 9.05. The number of hydrogen-bond donors (Lipinski definition) is 1. The molecule has 0 unspecified atom stereocenters. The Bertz CT molecular complexity index is 1070. The number of rotatable bonds is 5. The van der Waals surface area contributed by atoms with Gasteiger partial charge in [0.05, 0.1) is 6.10 Å². The van der Waals surface area contributed by atoms with Crippen molar-refractivity contribution < 1.29 is 14.3 Å². The zero-order chi connectivity index (χ0) is 23.3. The molecule has 0 bridgehead atoms. The third-order valence-corrected chi connectivity index (χ3v) is 9.27. The van der Waals surface area contributed by atoms with Gasteiger partial charge in [0.15, 0.2) is 0 Å². The average molecular weight is 484 g/mol. The highest BCUT2D eigenvalue weighted by Crippen LogP contribution is 2.59. The summed E-state index contributed by atoms with van der Waals surface area (Å²) in [4.78, 5) is 20.0. The largest absolute Gasteiger partial charge is 0.381 e. The number of carbonyl (C=O) groups is 1. The van der Waals surface area contributed by atoms with Crippen LogP contribution in [0.1, 0.15) is 56.4 Å². The summed E-state index contributed by atoms with van der Waals surface area (Å²) in [5.41, 5.74) is 1.40. The molecule has 2 saturated carbocycles. The maximum absolute atomic E-state index is 12.9. The summed E-state index contributed by atoms with van der Waals surface area (Å²) >= 11 is 6.73. The summed E-state index contributed by atoms with van der Waals surface area (Å²) in [5, 5.41) is 6.02. The number of amides is 1. The number of ether oxygens (including phenoxy) is 2. The molecule has 1 aromatic heterocycles. The van der Waals surface area contributed by atoms with Crippen LogP contribution in [0, 0.1) is 11.3 Å². The van der Waals surface area contributed by atoms with Crippen molar-refractivity contribution in [2.24, 2.45) is 11.3 Å². The van der Waals surface area contributed by atoms with Crippen LogP contribution >= 0.6 is 11.6 Å². The first-order valence-electron chi connectivity index (χ1n) is 12.8. The van der Waals surface area contributed by atoms with Gasteiger partial charge < -0.3 is 14.8 Å². The zero-order valence-corrected chi connectivity index (χ0v) is 20.7. The van der Waals surface area contributed by atoms with Crippen molar-refractivity contribution in [2.75, 3.05) is 38.7 Å². The van der Waals surface area contributed by atoms with E-state index in [-0.39, 0.29) is 17.2 Å². The summed E-state index contributed by atoms with van der Waals surface area (Å²) < 4.78 is 10.9. The van der Waals surface area contributed by atoms with Gasteiger partial charge in [-0.2, -0.15) is 0 Å². The summed E-state index contributed by atoms with van der Waals surface area (Å²) in [6, 6.07) is 6.94. The summed E-state index contributed by atoms with van der Waals surface area (Å²) in [7, 11) is 1.81. The highest BCUT2D eigenvalue weighted by atomic mass is 35.5. The van der Waals surface area contributed by atoms with E-state index >= 15 is 0 Å². The van der Waals surface area contributed by atoms with Crippen LogP contribution in [-0.2, 0) is 14.3 Å². The third-order valence-electron chi connectivity index (χ3n) is 8.95. The van der Waals surface area contributed by atoms with E-state index in [1.807, 2.05) is 25.4 Å². The third kappa shape index (κ3) is 4.23. The lowest BCUT2D eigenvalue weighted by Crippen LogP contribution is -2.56. The number of benzene rings is 1. The molecule has 6 rings (SSSR count). The Kier molecular flexibility index (Phi) is 6.05. The Morgan fingerprint density at radius 3 is 2.65 bits per heavy atom. The molecule has 4 aliphatic rings. The van der Waals surface area contributed by atoms with E-state index in [2.05, 4.69) is 21.3 Å². The number of nitrogens with one attached hydrogen (secondary N) is 1. The maximum atomic E-state index is 12.9.